The topological polar surface area (TPSA) is 50.4 Å². The smallest absolute Gasteiger partial charge is 0.336 e. The van der Waals surface area contributed by atoms with Crippen LogP contribution >= 0.6 is 22.6 Å². The lowest BCUT2D eigenvalue weighted by Gasteiger charge is -1.95. The van der Waals surface area contributed by atoms with Crippen LogP contribution in [0.1, 0.15) is 10.4 Å². The first kappa shape index (κ1) is 9.45. The van der Waals surface area contributed by atoms with Crippen LogP contribution in [0.4, 0.5) is 4.39 Å². The number of hydrogen-bond donors (Lipinski definition) is 1. The number of benzene rings is 1. The molecule has 5 heteroatoms. The van der Waals surface area contributed by atoms with Crippen molar-refractivity contribution in [3.05, 3.63) is 33.3 Å². The molecule has 0 fully saturated rings. The summed E-state index contributed by atoms with van der Waals surface area (Å²) in [4.78, 5) is 10.8. The van der Waals surface area contributed by atoms with E-state index in [1.165, 1.54) is 12.1 Å². The van der Waals surface area contributed by atoms with E-state index in [0.29, 0.717) is 9.15 Å². The van der Waals surface area contributed by atoms with Crippen molar-refractivity contribution in [2.24, 2.45) is 0 Å². The van der Waals surface area contributed by atoms with E-state index in [2.05, 4.69) is 0 Å². The Morgan fingerprint density at radius 3 is 2.86 bits per heavy atom. The molecule has 1 N–H and O–H groups in total. The van der Waals surface area contributed by atoms with Crippen LogP contribution in [0, 0.1) is 9.58 Å². The zero-order valence-electron chi connectivity index (χ0n) is 6.75. The summed E-state index contributed by atoms with van der Waals surface area (Å²) in [5, 5.41) is 9.11. The fraction of sp³-hybridized carbons (Fsp3) is 0. The Balaban J connectivity index is 2.87. The van der Waals surface area contributed by atoms with Crippen molar-refractivity contribution in [3.8, 4) is 0 Å². The van der Waals surface area contributed by atoms with Crippen LogP contribution < -0.4 is 0 Å². The molecule has 0 aliphatic heterocycles. The van der Waals surface area contributed by atoms with Crippen LogP contribution in [0.3, 0.4) is 0 Å². The highest BCUT2D eigenvalue weighted by Crippen LogP contribution is 2.26. The number of aromatic carboxylic acids is 1. The Morgan fingerprint density at radius 1 is 1.50 bits per heavy atom. The molecule has 0 amide bonds. The first-order valence-corrected chi connectivity index (χ1v) is 4.78. The number of hydrogen-bond acceptors (Lipinski definition) is 2. The van der Waals surface area contributed by atoms with Crippen molar-refractivity contribution in [1.29, 1.82) is 0 Å². The van der Waals surface area contributed by atoms with Crippen LogP contribution in [0.2, 0.25) is 0 Å². The summed E-state index contributed by atoms with van der Waals surface area (Å²) in [5.74, 6) is -1.64. The normalized spacial score (nSPS) is 10.7. The SMILES string of the molecule is O=C(O)c1ccc(F)c2oc(I)cc12. The van der Waals surface area contributed by atoms with E-state index in [0.717, 1.165) is 6.07 Å². The maximum atomic E-state index is 13.2. The van der Waals surface area contributed by atoms with E-state index >= 15 is 0 Å². The van der Waals surface area contributed by atoms with Gasteiger partial charge in [-0.05, 0) is 40.8 Å². The number of furan rings is 1. The Labute approximate surface area is 91.7 Å². The van der Waals surface area contributed by atoms with Crippen LogP contribution in [0.15, 0.2) is 22.6 Å². The number of fused-ring (bicyclic) bond motifs is 1. The van der Waals surface area contributed by atoms with Gasteiger partial charge in [-0.1, -0.05) is 0 Å². The molecule has 72 valence electrons. The largest absolute Gasteiger partial charge is 0.478 e. The average molecular weight is 306 g/mol. The minimum Gasteiger partial charge on any atom is -0.478 e. The second kappa shape index (κ2) is 3.23. The number of rotatable bonds is 1. The van der Waals surface area contributed by atoms with Crippen molar-refractivity contribution in [3.63, 3.8) is 0 Å². The minimum atomic E-state index is -1.09. The first-order valence-electron chi connectivity index (χ1n) is 3.70. The molecule has 0 atom stereocenters. The third kappa shape index (κ3) is 1.37. The lowest BCUT2D eigenvalue weighted by Crippen LogP contribution is -1.96. The minimum absolute atomic E-state index is 0.00528. The molecule has 1 heterocycles. The molecule has 1 aromatic heterocycles. The van der Waals surface area contributed by atoms with Crippen LogP contribution in [0.25, 0.3) is 11.0 Å². The summed E-state index contributed by atoms with van der Waals surface area (Å²) >= 11 is 1.86. The van der Waals surface area contributed by atoms with Crippen LogP contribution in [-0.2, 0) is 0 Å². The monoisotopic (exact) mass is 306 g/mol. The fourth-order valence-corrected chi connectivity index (χ4v) is 1.78. The zero-order valence-corrected chi connectivity index (χ0v) is 8.91. The molecule has 0 aliphatic carbocycles. The number of halogens is 2. The van der Waals surface area contributed by atoms with Gasteiger partial charge in [0, 0.05) is 5.39 Å². The maximum absolute atomic E-state index is 13.2. The molecule has 0 saturated heterocycles. The van der Waals surface area contributed by atoms with Gasteiger partial charge in [0.15, 0.2) is 15.2 Å². The van der Waals surface area contributed by atoms with Crippen molar-refractivity contribution in [1.82, 2.24) is 0 Å². The molecule has 3 nitrogen and oxygen atoms in total. The van der Waals surface area contributed by atoms with Gasteiger partial charge in [0.2, 0.25) is 0 Å². The highest BCUT2D eigenvalue weighted by atomic mass is 127. The van der Waals surface area contributed by atoms with E-state index < -0.39 is 11.8 Å². The Morgan fingerprint density at radius 2 is 2.21 bits per heavy atom. The molecule has 2 aromatic rings. The zero-order chi connectivity index (χ0) is 10.3. The molecular formula is C9H4FIO3. The van der Waals surface area contributed by atoms with E-state index in [1.54, 1.807) is 0 Å². The van der Waals surface area contributed by atoms with Gasteiger partial charge in [0.25, 0.3) is 0 Å². The highest BCUT2D eigenvalue weighted by molar-refractivity contribution is 14.1. The molecule has 14 heavy (non-hydrogen) atoms. The summed E-state index contributed by atoms with van der Waals surface area (Å²) in [5.41, 5.74) is 0.0439. The van der Waals surface area contributed by atoms with Gasteiger partial charge in [-0.3, -0.25) is 0 Å². The summed E-state index contributed by atoms with van der Waals surface area (Å²) in [7, 11) is 0. The van der Waals surface area contributed by atoms with Crippen molar-refractivity contribution >= 4 is 39.5 Å². The van der Waals surface area contributed by atoms with Gasteiger partial charge >= 0.3 is 5.97 Å². The second-order valence-corrected chi connectivity index (χ2v) is 3.76. The third-order valence-corrected chi connectivity index (χ3v) is 2.37. The molecule has 0 saturated carbocycles. The van der Waals surface area contributed by atoms with Crippen molar-refractivity contribution in [2.45, 2.75) is 0 Å². The lowest BCUT2D eigenvalue weighted by atomic mass is 10.1. The quantitative estimate of drug-likeness (QED) is 0.824. The standard InChI is InChI=1S/C9H4FIO3/c10-6-2-1-4(9(12)13)5-3-7(11)14-8(5)6/h1-3H,(H,12,13). The van der Waals surface area contributed by atoms with Crippen molar-refractivity contribution in [2.75, 3.05) is 0 Å². The molecule has 0 bridgehead atoms. The Kier molecular flexibility index (Phi) is 2.18. The second-order valence-electron chi connectivity index (χ2n) is 2.69. The molecule has 0 aliphatic rings. The van der Waals surface area contributed by atoms with Gasteiger partial charge in [0.05, 0.1) is 5.56 Å². The lowest BCUT2D eigenvalue weighted by molar-refractivity contribution is 0.0699. The predicted molar refractivity (Wildman–Crippen MR) is 55.8 cm³/mol. The summed E-state index contributed by atoms with van der Waals surface area (Å²) in [6.07, 6.45) is 0. The van der Waals surface area contributed by atoms with Gasteiger partial charge in [-0.25, -0.2) is 9.18 Å². The fourth-order valence-electron chi connectivity index (χ4n) is 1.25. The number of carboxylic acid groups (broad SMARTS) is 1. The predicted octanol–water partition coefficient (Wildman–Crippen LogP) is 2.87. The van der Waals surface area contributed by atoms with Gasteiger partial charge in [0.1, 0.15) is 0 Å². The van der Waals surface area contributed by atoms with E-state index in [-0.39, 0.29) is 11.1 Å². The molecule has 2 rings (SSSR count). The van der Waals surface area contributed by atoms with Gasteiger partial charge in [-0.15, -0.1) is 0 Å². The van der Waals surface area contributed by atoms with Crippen LogP contribution in [0.5, 0.6) is 0 Å². The molecular weight excluding hydrogens is 302 g/mol. The molecule has 1 aromatic carbocycles. The molecule has 0 radical (unpaired) electrons. The number of carbonyl (C=O) groups is 1. The van der Waals surface area contributed by atoms with E-state index in [4.69, 9.17) is 9.52 Å². The number of carboxylic acids is 1. The third-order valence-electron chi connectivity index (χ3n) is 1.84. The van der Waals surface area contributed by atoms with Crippen LogP contribution in [-0.4, -0.2) is 11.1 Å². The Hall–Kier alpha value is -1.11. The average Bonchev–Trinajstić information content (AvgIpc) is 2.47. The highest BCUT2D eigenvalue weighted by Gasteiger charge is 2.15. The van der Waals surface area contributed by atoms with Gasteiger partial charge < -0.3 is 9.52 Å². The molecule has 0 spiro atoms. The van der Waals surface area contributed by atoms with Crippen molar-refractivity contribution < 1.29 is 18.7 Å². The van der Waals surface area contributed by atoms with Gasteiger partial charge in [-0.2, -0.15) is 0 Å². The van der Waals surface area contributed by atoms with E-state index in [9.17, 15) is 9.18 Å². The van der Waals surface area contributed by atoms with E-state index in [1.807, 2.05) is 22.6 Å². The first-order chi connectivity index (χ1) is 6.59. The maximum Gasteiger partial charge on any atom is 0.336 e. The molecule has 0 unspecified atom stereocenters. The summed E-state index contributed by atoms with van der Waals surface area (Å²) in [6.45, 7) is 0. The Bertz CT molecular complexity index is 518. The summed E-state index contributed by atoms with van der Waals surface area (Å²) < 4.78 is 18.7. The summed E-state index contributed by atoms with van der Waals surface area (Å²) in [6, 6.07) is 3.82.